The smallest absolute Gasteiger partial charge is 0.329 e. The van der Waals surface area contributed by atoms with Crippen molar-refractivity contribution >= 4 is 13.3 Å². The van der Waals surface area contributed by atoms with E-state index in [4.69, 9.17) is 15.5 Å². The van der Waals surface area contributed by atoms with Gasteiger partial charge in [-0.2, -0.15) is 0 Å². The summed E-state index contributed by atoms with van der Waals surface area (Å²) in [6, 6.07) is 3.69. The molecule has 0 aliphatic carbocycles. The Morgan fingerprint density at radius 3 is 2.54 bits per heavy atom. The largest absolute Gasteiger partial charge is 0.396 e. The Balaban J connectivity index is 2.92. The molecule has 1 rings (SSSR count). The Morgan fingerprint density at radius 2 is 2.08 bits per heavy atom. The molecule has 6 heteroatoms. The van der Waals surface area contributed by atoms with Gasteiger partial charge in [-0.05, 0) is 17.7 Å². The molecule has 0 atom stereocenters. The fourth-order valence-corrected chi connectivity index (χ4v) is 1.58. The molecular formula is C7H9FNO3P. The molecule has 0 unspecified atom stereocenters. The molecule has 0 saturated heterocycles. The van der Waals surface area contributed by atoms with E-state index in [0.29, 0.717) is 0 Å². The van der Waals surface area contributed by atoms with Crippen LogP contribution in [0.2, 0.25) is 0 Å². The van der Waals surface area contributed by atoms with Gasteiger partial charge in [-0.25, -0.2) is 4.39 Å². The second kappa shape index (κ2) is 3.46. The highest BCUT2D eigenvalue weighted by Crippen LogP contribution is 2.39. The van der Waals surface area contributed by atoms with E-state index in [1.807, 2.05) is 0 Å². The Hall–Kier alpha value is -0.900. The predicted octanol–water partition coefficient (Wildman–Crippen LogP) is 1.09. The van der Waals surface area contributed by atoms with Crippen LogP contribution in [0.15, 0.2) is 18.2 Å². The SMILES string of the molecule is Nc1ccc(CP(=O)(O)O)cc1F. The first-order valence-electron chi connectivity index (χ1n) is 3.47. The lowest BCUT2D eigenvalue weighted by atomic mass is 10.2. The molecule has 4 N–H and O–H groups in total. The molecule has 13 heavy (non-hydrogen) atoms. The lowest BCUT2D eigenvalue weighted by molar-refractivity contribution is 0.371. The maximum Gasteiger partial charge on any atom is 0.329 e. The number of halogens is 1. The third-order valence-corrected chi connectivity index (χ3v) is 2.23. The summed E-state index contributed by atoms with van der Waals surface area (Å²) in [6.45, 7) is 0. The maximum absolute atomic E-state index is 12.8. The van der Waals surface area contributed by atoms with Crippen molar-refractivity contribution in [2.45, 2.75) is 6.16 Å². The molecule has 0 fully saturated rings. The van der Waals surface area contributed by atoms with Crippen molar-refractivity contribution in [1.29, 1.82) is 0 Å². The summed E-state index contributed by atoms with van der Waals surface area (Å²) in [5.74, 6) is -0.661. The second-order valence-corrected chi connectivity index (χ2v) is 4.32. The summed E-state index contributed by atoms with van der Waals surface area (Å²) in [6.07, 6.45) is -0.468. The van der Waals surface area contributed by atoms with Crippen molar-refractivity contribution in [3.63, 3.8) is 0 Å². The van der Waals surface area contributed by atoms with Gasteiger partial charge in [-0.1, -0.05) is 6.07 Å². The number of hydrogen-bond acceptors (Lipinski definition) is 2. The molecule has 0 aliphatic rings. The minimum Gasteiger partial charge on any atom is -0.396 e. The Kier molecular flexibility index (Phi) is 2.71. The average molecular weight is 205 g/mol. The molecule has 0 saturated carbocycles. The van der Waals surface area contributed by atoms with Crippen LogP contribution >= 0.6 is 7.60 Å². The summed E-state index contributed by atoms with van der Waals surface area (Å²) in [5, 5.41) is 0. The molecule has 0 bridgehead atoms. The van der Waals surface area contributed by atoms with E-state index in [1.54, 1.807) is 0 Å². The van der Waals surface area contributed by atoms with Crippen LogP contribution in [-0.2, 0) is 10.7 Å². The zero-order chi connectivity index (χ0) is 10.1. The van der Waals surface area contributed by atoms with E-state index in [0.717, 1.165) is 6.07 Å². The number of benzene rings is 1. The molecular weight excluding hydrogens is 196 g/mol. The second-order valence-electron chi connectivity index (χ2n) is 2.68. The quantitative estimate of drug-likeness (QED) is 0.498. The van der Waals surface area contributed by atoms with Gasteiger partial charge < -0.3 is 15.5 Å². The number of nitrogens with two attached hydrogens (primary N) is 1. The number of nitrogen functional groups attached to an aromatic ring is 1. The van der Waals surface area contributed by atoms with Gasteiger partial charge in [0.05, 0.1) is 11.8 Å². The van der Waals surface area contributed by atoms with Gasteiger partial charge in [-0.3, -0.25) is 4.57 Å². The highest BCUT2D eigenvalue weighted by atomic mass is 31.2. The normalized spacial score (nSPS) is 11.6. The molecule has 0 heterocycles. The average Bonchev–Trinajstić information content (AvgIpc) is 1.94. The molecule has 0 spiro atoms. The van der Waals surface area contributed by atoms with Crippen LogP contribution in [0, 0.1) is 5.82 Å². The highest BCUT2D eigenvalue weighted by molar-refractivity contribution is 7.50. The monoisotopic (exact) mass is 205 g/mol. The van der Waals surface area contributed by atoms with Crippen molar-refractivity contribution in [1.82, 2.24) is 0 Å². The van der Waals surface area contributed by atoms with Crippen molar-refractivity contribution in [2.75, 3.05) is 5.73 Å². The zero-order valence-electron chi connectivity index (χ0n) is 6.64. The van der Waals surface area contributed by atoms with Crippen molar-refractivity contribution in [3.05, 3.63) is 29.6 Å². The van der Waals surface area contributed by atoms with Crippen LogP contribution in [-0.4, -0.2) is 9.79 Å². The van der Waals surface area contributed by atoms with E-state index in [1.165, 1.54) is 12.1 Å². The van der Waals surface area contributed by atoms with Crippen molar-refractivity contribution in [3.8, 4) is 0 Å². The van der Waals surface area contributed by atoms with Crippen LogP contribution in [0.1, 0.15) is 5.56 Å². The fraction of sp³-hybridized carbons (Fsp3) is 0.143. The van der Waals surface area contributed by atoms with Crippen molar-refractivity contribution in [2.24, 2.45) is 0 Å². The summed E-state index contributed by atoms with van der Waals surface area (Å²) in [5.41, 5.74) is 5.39. The zero-order valence-corrected chi connectivity index (χ0v) is 7.54. The van der Waals surface area contributed by atoms with Gasteiger partial charge >= 0.3 is 7.60 Å². The number of rotatable bonds is 2. The Morgan fingerprint density at radius 1 is 1.46 bits per heavy atom. The predicted molar refractivity (Wildman–Crippen MR) is 46.6 cm³/mol. The molecule has 0 aliphatic heterocycles. The lowest BCUT2D eigenvalue weighted by Crippen LogP contribution is -1.93. The van der Waals surface area contributed by atoms with Gasteiger partial charge in [0.25, 0.3) is 0 Å². The van der Waals surface area contributed by atoms with E-state index in [-0.39, 0.29) is 11.3 Å². The summed E-state index contributed by atoms with van der Waals surface area (Å²) < 4.78 is 23.3. The molecule has 4 nitrogen and oxygen atoms in total. The molecule has 72 valence electrons. The standard InChI is InChI=1S/C7H9FNO3P/c8-6-3-5(1-2-7(6)9)4-13(10,11)12/h1-3H,4,9H2,(H2,10,11,12). The third-order valence-electron chi connectivity index (χ3n) is 1.45. The van der Waals surface area contributed by atoms with Gasteiger partial charge in [0, 0.05) is 0 Å². The molecule has 1 aromatic carbocycles. The van der Waals surface area contributed by atoms with Crippen LogP contribution in [0.5, 0.6) is 0 Å². The molecule has 0 amide bonds. The van der Waals surface area contributed by atoms with Crippen LogP contribution in [0.25, 0.3) is 0 Å². The van der Waals surface area contributed by atoms with Gasteiger partial charge in [0.1, 0.15) is 5.82 Å². The highest BCUT2D eigenvalue weighted by Gasteiger charge is 2.14. The lowest BCUT2D eigenvalue weighted by Gasteiger charge is -2.04. The van der Waals surface area contributed by atoms with Crippen molar-refractivity contribution < 1.29 is 18.7 Å². The topological polar surface area (TPSA) is 83.6 Å². The van der Waals surface area contributed by atoms with E-state index < -0.39 is 19.6 Å². The molecule has 0 radical (unpaired) electrons. The summed E-state index contributed by atoms with van der Waals surface area (Å²) in [4.78, 5) is 17.2. The Labute approximate surface area is 74.4 Å². The minimum absolute atomic E-state index is 0.0329. The first-order valence-corrected chi connectivity index (χ1v) is 5.27. The van der Waals surface area contributed by atoms with Gasteiger partial charge in [-0.15, -0.1) is 0 Å². The van der Waals surface area contributed by atoms with Gasteiger partial charge in [0.2, 0.25) is 0 Å². The third kappa shape index (κ3) is 3.14. The van der Waals surface area contributed by atoms with E-state index >= 15 is 0 Å². The molecule has 1 aromatic rings. The van der Waals surface area contributed by atoms with Crippen LogP contribution < -0.4 is 5.73 Å². The summed E-state index contributed by atoms with van der Waals surface area (Å²) >= 11 is 0. The van der Waals surface area contributed by atoms with E-state index in [9.17, 15) is 8.96 Å². The van der Waals surface area contributed by atoms with Crippen LogP contribution in [0.3, 0.4) is 0 Å². The number of anilines is 1. The first kappa shape index (κ1) is 10.2. The summed E-state index contributed by atoms with van der Waals surface area (Å²) in [7, 11) is -4.13. The minimum atomic E-state index is -4.13. The Bertz CT molecular complexity index is 363. The maximum atomic E-state index is 12.8. The fourth-order valence-electron chi connectivity index (χ4n) is 0.907. The number of hydrogen-bond donors (Lipinski definition) is 3. The van der Waals surface area contributed by atoms with Gasteiger partial charge in [0.15, 0.2) is 0 Å². The van der Waals surface area contributed by atoms with Crippen LogP contribution in [0.4, 0.5) is 10.1 Å². The van der Waals surface area contributed by atoms with E-state index in [2.05, 4.69) is 0 Å². The first-order chi connectivity index (χ1) is 5.88. The molecule has 0 aromatic heterocycles.